The van der Waals surface area contributed by atoms with Gasteiger partial charge >= 0.3 is 0 Å². The second-order valence-electron chi connectivity index (χ2n) is 3.03. The molecule has 0 aromatic rings. The topological polar surface area (TPSA) is 45.0 Å². The number of aliphatic imine (C=N–C) groups is 2. The standard InChI is InChI=1S/C8H11N3O/c12-7-5-9-6-10-8(7)11-3-1-2-4-11/h6H,1-5H2. The Balaban J connectivity index is 2.14. The Labute approximate surface area is 71.0 Å². The highest BCUT2D eigenvalue weighted by atomic mass is 16.1. The Hall–Kier alpha value is -1.19. The monoisotopic (exact) mass is 165 g/mol. The van der Waals surface area contributed by atoms with Crippen LogP contribution >= 0.6 is 0 Å². The van der Waals surface area contributed by atoms with E-state index in [-0.39, 0.29) is 12.3 Å². The van der Waals surface area contributed by atoms with Crippen molar-refractivity contribution in [3.63, 3.8) is 0 Å². The molecule has 0 bridgehead atoms. The van der Waals surface area contributed by atoms with Crippen molar-refractivity contribution in [3.05, 3.63) is 0 Å². The predicted molar refractivity (Wildman–Crippen MR) is 46.6 cm³/mol. The Bertz CT molecular complexity index is 251. The van der Waals surface area contributed by atoms with Crippen LogP contribution in [0, 0.1) is 0 Å². The summed E-state index contributed by atoms with van der Waals surface area (Å²) in [5.74, 6) is 0.668. The predicted octanol–water partition coefficient (Wildman–Crippen LogP) is 0.0917. The number of amidine groups is 1. The highest BCUT2D eigenvalue weighted by Crippen LogP contribution is 2.09. The molecule has 0 aliphatic carbocycles. The lowest BCUT2D eigenvalue weighted by Crippen LogP contribution is -2.37. The number of nitrogens with zero attached hydrogens (tertiary/aromatic N) is 3. The van der Waals surface area contributed by atoms with Gasteiger partial charge in [-0.05, 0) is 12.8 Å². The molecule has 0 aromatic carbocycles. The average molecular weight is 165 g/mol. The molecule has 12 heavy (non-hydrogen) atoms. The van der Waals surface area contributed by atoms with Crippen LogP contribution in [0.25, 0.3) is 0 Å². The highest BCUT2D eigenvalue weighted by molar-refractivity contribution is 6.41. The molecule has 2 aliphatic heterocycles. The van der Waals surface area contributed by atoms with Gasteiger partial charge in [0.05, 0.1) is 0 Å². The van der Waals surface area contributed by atoms with Crippen LogP contribution < -0.4 is 0 Å². The molecule has 1 saturated heterocycles. The van der Waals surface area contributed by atoms with Gasteiger partial charge in [-0.3, -0.25) is 9.79 Å². The zero-order chi connectivity index (χ0) is 8.39. The fourth-order valence-corrected chi connectivity index (χ4v) is 1.55. The molecule has 0 unspecified atom stereocenters. The normalized spacial score (nSPS) is 23.2. The number of hydrogen-bond donors (Lipinski definition) is 0. The lowest BCUT2D eigenvalue weighted by molar-refractivity contribution is -0.112. The summed E-state index contributed by atoms with van der Waals surface area (Å²) in [6.45, 7) is 2.21. The molecule has 0 spiro atoms. The Morgan fingerprint density at radius 2 is 2.08 bits per heavy atom. The van der Waals surface area contributed by atoms with Crippen LogP contribution in [0.5, 0.6) is 0 Å². The number of carbonyl (C=O) groups is 1. The molecule has 0 N–H and O–H groups in total. The van der Waals surface area contributed by atoms with Crippen LogP contribution in [0.15, 0.2) is 9.98 Å². The maximum atomic E-state index is 11.3. The second kappa shape index (κ2) is 3.05. The molecule has 4 heteroatoms. The molecule has 0 saturated carbocycles. The minimum atomic E-state index is 0.0550. The van der Waals surface area contributed by atoms with Crippen LogP contribution in [-0.2, 0) is 4.79 Å². The smallest absolute Gasteiger partial charge is 0.219 e. The van der Waals surface area contributed by atoms with Crippen molar-refractivity contribution in [2.24, 2.45) is 9.98 Å². The van der Waals surface area contributed by atoms with Gasteiger partial charge in [-0.15, -0.1) is 0 Å². The molecule has 2 heterocycles. The van der Waals surface area contributed by atoms with E-state index in [1.165, 1.54) is 19.2 Å². The summed E-state index contributed by atoms with van der Waals surface area (Å²) in [6, 6.07) is 0. The third kappa shape index (κ3) is 1.24. The van der Waals surface area contributed by atoms with Crippen molar-refractivity contribution in [2.45, 2.75) is 12.8 Å². The molecular weight excluding hydrogens is 154 g/mol. The summed E-state index contributed by atoms with van der Waals surface area (Å²) in [7, 11) is 0. The molecule has 4 nitrogen and oxygen atoms in total. The molecular formula is C8H11N3O. The number of hydrogen-bond acceptors (Lipinski definition) is 4. The van der Waals surface area contributed by atoms with Crippen LogP contribution in [-0.4, -0.2) is 42.5 Å². The maximum absolute atomic E-state index is 11.3. The number of carbonyl (C=O) groups excluding carboxylic acids is 1. The first-order valence-electron chi connectivity index (χ1n) is 4.22. The van der Waals surface area contributed by atoms with E-state index >= 15 is 0 Å². The zero-order valence-electron chi connectivity index (χ0n) is 6.86. The van der Waals surface area contributed by atoms with Crippen molar-refractivity contribution >= 4 is 18.0 Å². The summed E-state index contributed by atoms with van der Waals surface area (Å²) in [5, 5.41) is 0. The molecule has 0 amide bonds. The van der Waals surface area contributed by atoms with Crippen molar-refractivity contribution < 1.29 is 4.79 Å². The van der Waals surface area contributed by atoms with Gasteiger partial charge in [-0.2, -0.15) is 0 Å². The van der Waals surface area contributed by atoms with Gasteiger partial charge in [0.2, 0.25) is 5.78 Å². The SMILES string of the molecule is O=C1CN=CN=C1N1CCCC1. The van der Waals surface area contributed by atoms with Gasteiger partial charge in [0, 0.05) is 13.1 Å². The Morgan fingerprint density at radius 3 is 2.75 bits per heavy atom. The molecule has 64 valence electrons. The summed E-state index contributed by atoms with van der Waals surface area (Å²) in [4.78, 5) is 21.1. The van der Waals surface area contributed by atoms with Gasteiger partial charge in [-0.25, -0.2) is 4.99 Å². The molecule has 2 aliphatic rings. The quantitative estimate of drug-likeness (QED) is 0.510. The fraction of sp³-hybridized carbons (Fsp3) is 0.625. The summed E-state index contributed by atoms with van der Waals surface area (Å²) in [5.41, 5.74) is 0. The minimum absolute atomic E-state index is 0.0550. The minimum Gasteiger partial charge on any atom is -0.354 e. The molecule has 1 fully saturated rings. The van der Waals surface area contributed by atoms with Crippen LogP contribution in [0.1, 0.15) is 12.8 Å². The molecule has 2 rings (SSSR count). The first-order chi connectivity index (χ1) is 5.88. The van der Waals surface area contributed by atoms with E-state index < -0.39 is 0 Å². The highest BCUT2D eigenvalue weighted by Gasteiger charge is 2.22. The summed E-state index contributed by atoms with van der Waals surface area (Å²) < 4.78 is 0. The molecule has 0 aromatic heterocycles. The fourth-order valence-electron chi connectivity index (χ4n) is 1.55. The van der Waals surface area contributed by atoms with Gasteiger partial charge in [0.15, 0.2) is 5.84 Å². The lowest BCUT2D eigenvalue weighted by Gasteiger charge is -2.18. The van der Waals surface area contributed by atoms with Crippen molar-refractivity contribution in [3.8, 4) is 0 Å². The summed E-state index contributed by atoms with van der Waals surface area (Å²) in [6.07, 6.45) is 3.82. The Morgan fingerprint density at radius 1 is 1.33 bits per heavy atom. The molecule has 0 radical (unpaired) electrons. The third-order valence-electron chi connectivity index (χ3n) is 2.15. The van der Waals surface area contributed by atoms with Gasteiger partial charge in [0.25, 0.3) is 0 Å². The van der Waals surface area contributed by atoms with Crippen LogP contribution in [0.2, 0.25) is 0 Å². The van der Waals surface area contributed by atoms with Gasteiger partial charge in [0.1, 0.15) is 12.9 Å². The van der Waals surface area contributed by atoms with Crippen LogP contribution in [0.3, 0.4) is 0 Å². The number of likely N-dealkylation sites (tertiary alicyclic amines) is 1. The second-order valence-corrected chi connectivity index (χ2v) is 3.03. The molecule has 0 atom stereocenters. The lowest BCUT2D eigenvalue weighted by atomic mass is 10.3. The third-order valence-corrected chi connectivity index (χ3v) is 2.15. The van der Waals surface area contributed by atoms with E-state index in [4.69, 9.17) is 0 Å². The van der Waals surface area contributed by atoms with Crippen LogP contribution in [0.4, 0.5) is 0 Å². The van der Waals surface area contributed by atoms with Crippen molar-refractivity contribution in [2.75, 3.05) is 19.6 Å². The van der Waals surface area contributed by atoms with E-state index in [1.807, 2.05) is 4.90 Å². The largest absolute Gasteiger partial charge is 0.354 e. The van der Waals surface area contributed by atoms with E-state index in [1.54, 1.807) is 0 Å². The first-order valence-corrected chi connectivity index (χ1v) is 4.22. The van der Waals surface area contributed by atoms with Crippen molar-refractivity contribution in [1.29, 1.82) is 0 Å². The average Bonchev–Trinajstić information content (AvgIpc) is 2.57. The van der Waals surface area contributed by atoms with Gasteiger partial charge < -0.3 is 4.90 Å². The Kier molecular flexibility index (Phi) is 1.89. The van der Waals surface area contributed by atoms with Gasteiger partial charge in [-0.1, -0.05) is 0 Å². The van der Waals surface area contributed by atoms with E-state index in [2.05, 4.69) is 9.98 Å². The summed E-state index contributed by atoms with van der Waals surface area (Å²) >= 11 is 0. The number of Topliss-reactive ketones (excluding diaryl/α,β-unsaturated/α-hetero) is 1. The van der Waals surface area contributed by atoms with E-state index in [9.17, 15) is 4.79 Å². The maximum Gasteiger partial charge on any atom is 0.219 e. The zero-order valence-corrected chi connectivity index (χ0v) is 6.86. The van der Waals surface area contributed by atoms with Crippen molar-refractivity contribution in [1.82, 2.24) is 4.90 Å². The van der Waals surface area contributed by atoms with E-state index in [0.717, 1.165) is 13.1 Å². The number of rotatable bonds is 0. The van der Waals surface area contributed by atoms with E-state index in [0.29, 0.717) is 5.84 Å². The first kappa shape index (κ1) is 7.46. The number of ketones is 1.